The van der Waals surface area contributed by atoms with Crippen molar-refractivity contribution in [1.29, 1.82) is 0 Å². The number of anilines is 5. The number of aromatic nitrogens is 4. The molecule has 16 rings (SSSR count). The molecule has 0 aliphatic carbocycles. The SMILES string of the molecule is COc1cc(-c2ccccc2)ccc1N1CC[C@H](Oc2ccc(C)cn2)C1.Cc1ccc(O[C@H]2CCN(c3ccc(-c4ccccc4)cc3N)C2)nc1.Cc1ccc(O[C@H]2CCN(c3ccc(-c4ccccc4)cc3O)C2)nc1.Cc1ccc(O[C@H]2CCN(c3ccc(-c4ccccc4)cc3[N+](=O)[O-])C2)nc1.O=N[O-].[Fe].[Na+]. The van der Waals surface area contributed by atoms with Crippen molar-refractivity contribution in [3.8, 4) is 79.5 Å². The van der Waals surface area contributed by atoms with E-state index in [0.29, 0.717) is 48.0 Å². The molecule has 4 aliphatic heterocycles. The first-order valence-corrected chi connectivity index (χ1v) is 36.8. The predicted octanol–water partition coefficient (Wildman–Crippen LogP) is 15.3. The molecule has 4 saturated heterocycles. The zero-order valence-corrected chi connectivity index (χ0v) is 66.8. The minimum absolute atomic E-state index is 0. The Morgan fingerprint density at radius 1 is 0.411 bits per heavy atom. The summed E-state index contributed by atoms with van der Waals surface area (Å²) < 4.78 is 29.7. The number of nitrogens with zero attached hydrogens (tertiary/aromatic N) is 10. The van der Waals surface area contributed by atoms with E-state index in [1.165, 1.54) is 11.1 Å². The molecule has 570 valence electrons. The van der Waals surface area contributed by atoms with Gasteiger partial charge in [-0.2, -0.15) is 0 Å². The molecule has 8 heterocycles. The van der Waals surface area contributed by atoms with Gasteiger partial charge in [0, 0.05) is 124 Å². The van der Waals surface area contributed by atoms with Gasteiger partial charge in [0.2, 0.25) is 23.5 Å². The largest absolute Gasteiger partial charge is 1.00 e. The molecule has 0 spiro atoms. The van der Waals surface area contributed by atoms with Crippen LogP contribution in [0.3, 0.4) is 0 Å². The van der Waals surface area contributed by atoms with Crippen LogP contribution in [0.15, 0.2) is 273 Å². The number of aromatic hydroxyl groups is 1. The number of pyridine rings is 4. The molecule has 3 N–H and O–H groups in total. The van der Waals surface area contributed by atoms with E-state index < -0.39 is 0 Å². The average Bonchev–Trinajstić information content (AvgIpc) is 1.92. The van der Waals surface area contributed by atoms with E-state index in [4.69, 9.17) is 39.5 Å². The smallest absolute Gasteiger partial charge is 0.506 e. The fraction of sp³-hybridized carbons (Fsp3) is 0.236. The van der Waals surface area contributed by atoms with Gasteiger partial charge in [0.05, 0.1) is 61.0 Å². The summed E-state index contributed by atoms with van der Waals surface area (Å²) in [6.45, 7) is 14.5. The van der Waals surface area contributed by atoms with E-state index in [1.54, 1.807) is 19.4 Å². The number of nitro benzene ring substituents is 1. The number of nitrogens with two attached hydrogens (primary N) is 1. The van der Waals surface area contributed by atoms with Crippen LogP contribution in [-0.2, 0) is 17.1 Å². The quantitative estimate of drug-likeness (QED) is 0.0266. The van der Waals surface area contributed by atoms with Crippen LogP contribution in [0.2, 0.25) is 0 Å². The van der Waals surface area contributed by atoms with Crippen molar-refractivity contribution in [3.05, 3.63) is 310 Å². The van der Waals surface area contributed by atoms with E-state index in [1.807, 2.05) is 209 Å². The van der Waals surface area contributed by atoms with E-state index in [9.17, 15) is 15.2 Å². The number of nitrogen functional groups attached to an aromatic ring is 1. The Bertz CT molecular complexity index is 4790. The summed E-state index contributed by atoms with van der Waals surface area (Å²) in [4.78, 5) is 45.5. The van der Waals surface area contributed by atoms with Crippen LogP contribution in [0.4, 0.5) is 34.1 Å². The number of methoxy groups -OCH3 is 1. The van der Waals surface area contributed by atoms with Crippen LogP contribution in [0, 0.1) is 47.9 Å². The molecule has 0 saturated carbocycles. The number of hydrogen-bond acceptors (Lipinski definition) is 20. The van der Waals surface area contributed by atoms with Crippen molar-refractivity contribution in [1.82, 2.24) is 19.9 Å². The summed E-state index contributed by atoms with van der Waals surface area (Å²) in [6, 6.07) is 80.1. The van der Waals surface area contributed by atoms with Crippen molar-refractivity contribution in [2.75, 3.05) is 84.8 Å². The van der Waals surface area contributed by atoms with Gasteiger partial charge in [0.25, 0.3) is 5.69 Å². The summed E-state index contributed by atoms with van der Waals surface area (Å²) in [5.41, 5.74) is 24.0. The van der Waals surface area contributed by atoms with Crippen molar-refractivity contribution < 1.29 is 80.3 Å². The maximum absolute atomic E-state index is 11.7. The van der Waals surface area contributed by atoms with E-state index >= 15 is 0 Å². The Morgan fingerprint density at radius 2 is 0.705 bits per heavy atom. The normalized spacial score (nSPS) is 15.8. The Hall–Kier alpha value is -11.5. The number of aryl methyl sites for hydroxylation is 4. The first-order valence-electron chi connectivity index (χ1n) is 36.8. The monoisotopic (exact) mass is 1550 g/mol. The molecule has 112 heavy (non-hydrogen) atoms. The molecule has 23 heteroatoms. The summed E-state index contributed by atoms with van der Waals surface area (Å²) >= 11 is 0. The maximum atomic E-state index is 11.7. The molecule has 12 aromatic rings. The Morgan fingerprint density at radius 3 is 1.03 bits per heavy atom. The van der Waals surface area contributed by atoms with Gasteiger partial charge in [0.15, 0.2) is 0 Å². The Balaban J connectivity index is 0.000000156. The number of phenolic OH excluding ortho intramolecular Hbond substituents is 1. The number of hydrogen-bond donors (Lipinski definition) is 2. The third kappa shape index (κ3) is 22.8. The van der Waals surface area contributed by atoms with Gasteiger partial charge in [-0.1, -0.05) is 170 Å². The van der Waals surface area contributed by atoms with Crippen LogP contribution in [0.5, 0.6) is 35.0 Å². The Labute approximate surface area is 686 Å². The van der Waals surface area contributed by atoms with Crippen molar-refractivity contribution in [2.24, 2.45) is 5.34 Å². The van der Waals surface area contributed by atoms with Gasteiger partial charge in [-0.05, 0) is 137 Å². The van der Waals surface area contributed by atoms with E-state index in [-0.39, 0.29) is 81.7 Å². The molecule has 4 atom stereocenters. The van der Waals surface area contributed by atoms with Crippen LogP contribution in [0.25, 0.3) is 44.5 Å². The van der Waals surface area contributed by atoms with Crippen LogP contribution >= 0.6 is 0 Å². The number of nitro groups is 1. The van der Waals surface area contributed by atoms with Gasteiger partial charge >= 0.3 is 29.6 Å². The zero-order valence-electron chi connectivity index (χ0n) is 63.7. The minimum Gasteiger partial charge on any atom is -0.506 e. The molecule has 0 radical (unpaired) electrons. The van der Waals surface area contributed by atoms with Crippen LogP contribution in [-0.4, -0.2) is 114 Å². The van der Waals surface area contributed by atoms with E-state index in [2.05, 4.69) is 113 Å². The fourth-order valence-electron chi connectivity index (χ4n) is 13.7. The molecule has 4 aliphatic rings. The third-order valence-corrected chi connectivity index (χ3v) is 19.4. The van der Waals surface area contributed by atoms with Crippen LogP contribution in [0.1, 0.15) is 47.9 Å². The molecular formula is C89H90FeN11NaO10. The summed E-state index contributed by atoms with van der Waals surface area (Å²) in [6.07, 6.45) is 11.2. The molecular weight excluding hydrogens is 1460 g/mol. The second-order valence-electron chi connectivity index (χ2n) is 27.5. The van der Waals surface area contributed by atoms with Gasteiger partial charge in [0.1, 0.15) is 41.6 Å². The second-order valence-corrected chi connectivity index (χ2v) is 27.5. The van der Waals surface area contributed by atoms with Crippen LogP contribution < -0.4 is 78.6 Å². The molecule has 4 aromatic heterocycles. The first-order chi connectivity index (χ1) is 53.6. The van der Waals surface area contributed by atoms with Gasteiger partial charge in [-0.25, -0.2) is 19.9 Å². The minimum atomic E-state index is -0.308. The molecule has 21 nitrogen and oxygen atoms in total. The fourth-order valence-corrected chi connectivity index (χ4v) is 13.7. The summed E-state index contributed by atoms with van der Waals surface area (Å²) in [5, 5.41) is 31.2. The van der Waals surface area contributed by atoms with Crippen molar-refractivity contribution in [2.45, 2.75) is 77.8 Å². The molecule has 0 amide bonds. The average molecular weight is 1550 g/mol. The van der Waals surface area contributed by atoms with E-state index in [0.717, 1.165) is 154 Å². The standard InChI is InChI=1S/C23H24N2O2.C22H21N3O3.C22H23N3O.C22H22N2O2.Fe.HNO2.Na/c1-17-8-11-23(24-15-17)27-20-12-13-25(16-20)21-10-9-19(14-22(21)26-2)18-6-4-3-5-7-18;1-16-7-10-22(23-14-16)28-19-11-12-24(15-19)20-9-8-18(13-21(20)25(26)27)17-5-3-2-4-6-17;1-16-7-10-22(24-14-16)26-19-11-12-25(15-19)21-9-8-18(13-20(21)23)17-5-3-2-4-6-17;1-16-7-10-22(23-14-16)26-19-11-12-24(15-19)20-9-8-18(13-21(20)25)17-5-3-2-4-6-17;;2-1-3;/h3-11,14-15,20H,12-13,16H2,1-2H3;2-10,13-14,19H,11-12,15H2,1H3;2-10,13-14,19H,11-12,15,23H2,1H3;2-10,13-14,19,25H,11-12,15H2,1H3;;(H,2,3);/q;;;;;;+1/p-1/t20-;3*19-;;;/m0000.../s1. The number of rotatable bonds is 18. The van der Waals surface area contributed by atoms with Crippen molar-refractivity contribution >= 4 is 34.1 Å². The second kappa shape index (κ2) is 41.0. The molecule has 0 unspecified atom stereocenters. The molecule has 8 aromatic carbocycles. The maximum Gasteiger partial charge on any atom is 1.00 e. The Kier molecular flexibility index (Phi) is 30.3. The third-order valence-electron chi connectivity index (χ3n) is 19.4. The van der Waals surface area contributed by atoms with Gasteiger partial charge < -0.3 is 64.2 Å². The number of ether oxygens (including phenoxy) is 5. The summed E-state index contributed by atoms with van der Waals surface area (Å²) in [5.74, 6) is 3.83. The summed E-state index contributed by atoms with van der Waals surface area (Å²) in [7, 11) is 1.73. The molecule has 4 fully saturated rings. The zero-order chi connectivity index (χ0) is 76.7. The number of phenols is 1. The van der Waals surface area contributed by atoms with Gasteiger partial charge in [-0.15, -0.1) is 5.34 Å². The topological polar surface area (TPSA) is 253 Å². The molecule has 0 bridgehead atoms. The predicted molar refractivity (Wildman–Crippen MR) is 437 cm³/mol. The van der Waals surface area contributed by atoms with Crippen molar-refractivity contribution in [3.63, 3.8) is 0 Å². The first kappa shape index (κ1) is 83.0. The number of benzene rings is 8. The van der Waals surface area contributed by atoms with Gasteiger partial charge in [-0.3, -0.25) is 10.1 Å².